The normalized spacial score (nSPS) is 10.3. The number of nitrogens with one attached hydrogen (secondary N) is 1. The topological polar surface area (TPSA) is 60.5 Å². The van der Waals surface area contributed by atoms with E-state index >= 15 is 0 Å². The number of hydrogen-bond acceptors (Lipinski definition) is 4. The Hall–Kier alpha value is -3.34. The number of para-hydroxylation sites is 1. The molecular formula is C22H22N2O3. The molecule has 0 saturated heterocycles. The van der Waals surface area contributed by atoms with Crippen LogP contribution in [0.2, 0.25) is 0 Å². The van der Waals surface area contributed by atoms with E-state index in [1.165, 1.54) is 0 Å². The molecule has 0 atom stereocenters. The van der Waals surface area contributed by atoms with E-state index in [0.29, 0.717) is 24.8 Å². The predicted octanol–water partition coefficient (Wildman–Crippen LogP) is 3.53. The van der Waals surface area contributed by atoms with Crippen molar-refractivity contribution in [1.82, 2.24) is 10.3 Å². The molecule has 1 amide bonds. The first-order valence-corrected chi connectivity index (χ1v) is 8.75. The standard InChI is InChI=1S/C22H22N2O3/c1-26-20-10-6-5-9-19(20)14-21(25)24-15-18-11-12-23-22(13-18)27-16-17-7-3-2-4-8-17/h2-13H,14-16H2,1H3,(H,24,25). The summed E-state index contributed by atoms with van der Waals surface area (Å²) in [5, 5.41) is 2.92. The van der Waals surface area contributed by atoms with Crippen LogP contribution in [0.15, 0.2) is 72.9 Å². The van der Waals surface area contributed by atoms with Crippen molar-refractivity contribution in [3.8, 4) is 11.6 Å². The Kier molecular flexibility index (Phi) is 6.41. The first kappa shape index (κ1) is 18.5. The third kappa shape index (κ3) is 5.57. The zero-order valence-corrected chi connectivity index (χ0v) is 15.2. The molecule has 0 unspecified atom stereocenters. The molecule has 0 saturated carbocycles. The van der Waals surface area contributed by atoms with Crippen molar-refractivity contribution in [2.45, 2.75) is 19.6 Å². The second-order valence-corrected chi connectivity index (χ2v) is 6.04. The van der Waals surface area contributed by atoms with Crippen LogP contribution in [-0.2, 0) is 24.4 Å². The molecule has 0 aliphatic rings. The highest BCUT2D eigenvalue weighted by molar-refractivity contribution is 5.79. The van der Waals surface area contributed by atoms with Gasteiger partial charge in [0.25, 0.3) is 0 Å². The first-order chi connectivity index (χ1) is 13.2. The van der Waals surface area contributed by atoms with Crippen molar-refractivity contribution < 1.29 is 14.3 Å². The molecule has 1 aromatic heterocycles. The number of methoxy groups -OCH3 is 1. The van der Waals surface area contributed by atoms with E-state index in [0.717, 1.165) is 16.7 Å². The Morgan fingerprint density at radius 1 is 1.00 bits per heavy atom. The summed E-state index contributed by atoms with van der Waals surface area (Å²) in [6, 6.07) is 21.1. The number of carbonyl (C=O) groups excluding carboxylic acids is 1. The maximum atomic E-state index is 12.2. The molecule has 2 aromatic carbocycles. The average molecular weight is 362 g/mol. The van der Waals surface area contributed by atoms with Gasteiger partial charge in [0.15, 0.2) is 0 Å². The highest BCUT2D eigenvalue weighted by Gasteiger charge is 2.08. The summed E-state index contributed by atoms with van der Waals surface area (Å²) in [5.41, 5.74) is 2.87. The van der Waals surface area contributed by atoms with Crippen LogP contribution in [0.3, 0.4) is 0 Å². The Bertz CT molecular complexity index is 881. The van der Waals surface area contributed by atoms with Crippen LogP contribution in [0, 0.1) is 0 Å². The largest absolute Gasteiger partial charge is 0.496 e. The van der Waals surface area contributed by atoms with E-state index in [9.17, 15) is 4.79 Å². The molecule has 1 N–H and O–H groups in total. The van der Waals surface area contributed by atoms with Crippen LogP contribution >= 0.6 is 0 Å². The van der Waals surface area contributed by atoms with Gasteiger partial charge in [-0.3, -0.25) is 4.79 Å². The lowest BCUT2D eigenvalue weighted by atomic mass is 10.1. The summed E-state index contributed by atoms with van der Waals surface area (Å²) in [4.78, 5) is 16.5. The van der Waals surface area contributed by atoms with Gasteiger partial charge in [0.05, 0.1) is 13.5 Å². The molecule has 0 radical (unpaired) electrons. The molecule has 5 nitrogen and oxygen atoms in total. The number of hydrogen-bond donors (Lipinski definition) is 1. The summed E-state index contributed by atoms with van der Waals surface area (Å²) in [5.74, 6) is 1.19. The monoisotopic (exact) mass is 362 g/mol. The van der Waals surface area contributed by atoms with Crippen molar-refractivity contribution in [1.29, 1.82) is 0 Å². The number of nitrogens with zero attached hydrogens (tertiary/aromatic N) is 1. The fourth-order valence-corrected chi connectivity index (χ4v) is 2.66. The van der Waals surface area contributed by atoms with Crippen molar-refractivity contribution in [2.75, 3.05) is 7.11 Å². The van der Waals surface area contributed by atoms with E-state index in [4.69, 9.17) is 9.47 Å². The van der Waals surface area contributed by atoms with E-state index in [1.807, 2.05) is 66.7 Å². The van der Waals surface area contributed by atoms with Gasteiger partial charge >= 0.3 is 0 Å². The van der Waals surface area contributed by atoms with Gasteiger partial charge in [0.2, 0.25) is 11.8 Å². The summed E-state index contributed by atoms with van der Waals surface area (Å²) in [6.07, 6.45) is 1.95. The lowest BCUT2D eigenvalue weighted by Crippen LogP contribution is -2.24. The molecule has 0 fully saturated rings. The number of ether oxygens (including phenoxy) is 2. The minimum Gasteiger partial charge on any atom is -0.496 e. The maximum absolute atomic E-state index is 12.2. The zero-order chi connectivity index (χ0) is 18.9. The molecule has 0 aliphatic carbocycles. The fourth-order valence-electron chi connectivity index (χ4n) is 2.66. The second kappa shape index (κ2) is 9.38. The third-order valence-corrected chi connectivity index (χ3v) is 4.06. The molecule has 0 spiro atoms. The Balaban J connectivity index is 1.52. The quantitative estimate of drug-likeness (QED) is 0.666. The minimum absolute atomic E-state index is 0.0666. The number of rotatable bonds is 8. The first-order valence-electron chi connectivity index (χ1n) is 8.75. The van der Waals surface area contributed by atoms with Gasteiger partial charge in [0, 0.05) is 24.4 Å². The van der Waals surface area contributed by atoms with Crippen molar-refractivity contribution in [3.05, 3.63) is 89.6 Å². The van der Waals surface area contributed by atoms with Crippen LogP contribution in [0.25, 0.3) is 0 Å². The number of benzene rings is 2. The number of carbonyl (C=O) groups is 1. The summed E-state index contributed by atoms with van der Waals surface area (Å²) < 4.78 is 11.0. The molecule has 138 valence electrons. The highest BCUT2D eigenvalue weighted by atomic mass is 16.5. The Morgan fingerprint density at radius 2 is 1.78 bits per heavy atom. The van der Waals surface area contributed by atoms with E-state index in [-0.39, 0.29) is 12.3 Å². The van der Waals surface area contributed by atoms with E-state index in [2.05, 4.69) is 10.3 Å². The predicted molar refractivity (Wildman–Crippen MR) is 104 cm³/mol. The maximum Gasteiger partial charge on any atom is 0.224 e. The molecule has 27 heavy (non-hydrogen) atoms. The molecule has 3 aromatic rings. The minimum atomic E-state index is -0.0666. The van der Waals surface area contributed by atoms with E-state index in [1.54, 1.807) is 13.3 Å². The number of amides is 1. The molecule has 3 rings (SSSR count). The lowest BCUT2D eigenvalue weighted by Gasteiger charge is -2.10. The SMILES string of the molecule is COc1ccccc1CC(=O)NCc1ccnc(OCc2ccccc2)c1. The van der Waals surface area contributed by atoms with Gasteiger partial charge in [-0.15, -0.1) is 0 Å². The van der Waals surface area contributed by atoms with Gasteiger partial charge in [0.1, 0.15) is 12.4 Å². The van der Waals surface area contributed by atoms with Crippen molar-refractivity contribution in [3.63, 3.8) is 0 Å². The van der Waals surface area contributed by atoms with Crippen LogP contribution in [0.5, 0.6) is 11.6 Å². The van der Waals surface area contributed by atoms with Gasteiger partial charge in [-0.25, -0.2) is 4.98 Å². The fraction of sp³-hybridized carbons (Fsp3) is 0.182. The van der Waals surface area contributed by atoms with Crippen LogP contribution in [0.4, 0.5) is 0 Å². The van der Waals surface area contributed by atoms with E-state index < -0.39 is 0 Å². The number of aromatic nitrogens is 1. The third-order valence-electron chi connectivity index (χ3n) is 4.06. The van der Waals surface area contributed by atoms with Crippen LogP contribution in [0.1, 0.15) is 16.7 Å². The van der Waals surface area contributed by atoms with Gasteiger partial charge in [-0.05, 0) is 23.3 Å². The van der Waals surface area contributed by atoms with Gasteiger partial charge in [-0.2, -0.15) is 0 Å². The van der Waals surface area contributed by atoms with Crippen LogP contribution < -0.4 is 14.8 Å². The van der Waals surface area contributed by atoms with Gasteiger partial charge < -0.3 is 14.8 Å². The van der Waals surface area contributed by atoms with Crippen LogP contribution in [-0.4, -0.2) is 18.0 Å². The summed E-state index contributed by atoms with van der Waals surface area (Å²) in [7, 11) is 1.60. The molecule has 0 aliphatic heterocycles. The molecule has 1 heterocycles. The van der Waals surface area contributed by atoms with Crippen molar-refractivity contribution in [2.24, 2.45) is 0 Å². The number of pyridine rings is 1. The van der Waals surface area contributed by atoms with Gasteiger partial charge in [-0.1, -0.05) is 48.5 Å². The highest BCUT2D eigenvalue weighted by Crippen LogP contribution is 2.18. The smallest absolute Gasteiger partial charge is 0.224 e. The zero-order valence-electron chi connectivity index (χ0n) is 15.2. The molecule has 5 heteroatoms. The lowest BCUT2D eigenvalue weighted by molar-refractivity contribution is -0.120. The summed E-state index contributed by atoms with van der Waals surface area (Å²) in [6.45, 7) is 0.871. The molecule has 0 bridgehead atoms. The van der Waals surface area contributed by atoms with Crippen molar-refractivity contribution >= 4 is 5.91 Å². The summed E-state index contributed by atoms with van der Waals surface area (Å²) >= 11 is 0. The Labute approximate surface area is 159 Å². The average Bonchev–Trinajstić information content (AvgIpc) is 2.72. The molecular weight excluding hydrogens is 340 g/mol. The second-order valence-electron chi connectivity index (χ2n) is 6.04. The Morgan fingerprint density at radius 3 is 2.59 bits per heavy atom.